The minimum Gasteiger partial charge on any atom is -0.357 e. The number of nitrogens with zero attached hydrogens (tertiary/aromatic N) is 3. The van der Waals surface area contributed by atoms with E-state index in [1.54, 1.807) is 37.6 Å². The van der Waals surface area contributed by atoms with E-state index in [9.17, 15) is 4.39 Å². The van der Waals surface area contributed by atoms with Crippen molar-refractivity contribution >= 4 is 33.4 Å². The lowest BCUT2D eigenvalue weighted by Gasteiger charge is -2.10. The van der Waals surface area contributed by atoms with E-state index in [0.717, 1.165) is 11.3 Å². The number of hydrogen-bond acceptors (Lipinski definition) is 5. The summed E-state index contributed by atoms with van der Waals surface area (Å²) < 4.78 is 14.0. The number of nitrogens with one attached hydrogen (secondary N) is 2. The number of pyridine rings is 1. The lowest BCUT2D eigenvalue weighted by molar-refractivity contribution is 0.622. The van der Waals surface area contributed by atoms with E-state index in [2.05, 4.69) is 41.5 Å². The van der Waals surface area contributed by atoms with Gasteiger partial charge in [-0.15, -0.1) is 0 Å². The first-order chi connectivity index (χ1) is 11.2. The summed E-state index contributed by atoms with van der Waals surface area (Å²) in [7, 11) is 1.74. The number of hydrogen-bond donors (Lipinski definition) is 2. The average Bonchev–Trinajstić information content (AvgIpc) is 2.58. The van der Waals surface area contributed by atoms with Crippen LogP contribution in [-0.4, -0.2) is 22.0 Å². The molecule has 0 unspecified atom stereocenters. The van der Waals surface area contributed by atoms with Crippen molar-refractivity contribution in [1.29, 1.82) is 0 Å². The molecule has 0 fully saturated rings. The first-order valence-corrected chi connectivity index (χ1v) is 7.64. The molecule has 116 valence electrons. The van der Waals surface area contributed by atoms with E-state index in [4.69, 9.17) is 0 Å². The molecule has 2 heterocycles. The van der Waals surface area contributed by atoms with Gasteiger partial charge in [0.25, 0.3) is 0 Å². The summed E-state index contributed by atoms with van der Waals surface area (Å²) in [6.07, 6.45) is 3.40. The average molecular weight is 374 g/mol. The van der Waals surface area contributed by atoms with Gasteiger partial charge in [-0.05, 0) is 46.3 Å². The second-order valence-electron chi connectivity index (χ2n) is 4.70. The fraction of sp³-hybridized carbons (Fsp3) is 0.0625. The van der Waals surface area contributed by atoms with Gasteiger partial charge in [0, 0.05) is 36.8 Å². The van der Waals surface area contributed by atoms with E-state index in [1.807, 2.05) is 12.1 Å². The van der Waals surface area contributed by atoms with Crippen LogP contribution in [0.3, 0.4) is 0 Å². The molecule has 23 heavy (non-hydrogen) atoms. The van der Waals surface area contributed by atoms with Crippen LogP contribution in [0.4, 0.5) is 21.8 Å². The second kappa shape index (κ2) is 6.70. The molecule has 0 bridgehead atoms. The van der Waals surface area contributed by atoms with E-state index < -0.39 is 0 Å². The van der Waals surface area contributed by atoms with Crippen molar-refractivity contribution in [3.8, 4) is 11.3 Å². The van der Waals surface area contributed by atoms with Crippen molar-refractivity contribution in [2.45, 2.75) is 0 Å². The van der Waals surface area contributed by atoms with Crippen molar-refractivity contribution < 1.29 is 4.39 Å². The summed E-state index contributed by atoms with van der Waals surface area (Å²) >= 11 is 3.14. The monoisotopic (exact) mass is 373 g/mol. The van der Waals surface area contributed by atoms with Gasteiger partial charge in [-0.2, -0.15) is 4.98 Å². The summed E-state index contributed by atoms with van der Waals surface area (Å²) in [5, 5.41) is 6.01. The molecule has 7 heteroatoms. The van der Waals surface area contributed by atoms with Crippen LogP contribution in [0.5, 0.6) is 0 Å². The highest BCUT2D eigenvalue weighted by Gasteiger charge is 2.07. The van der Waals surface area contributed by atoms with Crippen LogP contribution in [0.25, 0.3) is 11.3 Å². The molecule has 0 aliphatic carbocycles. The maximum absolute atomic E-state index is 13.6. The third-order valence-electron chi connectivity index (χ3n) is 3.12. The Morgan fingerprint density at radius 2 is 1.83 bits per heavy atom. The van der Waals surface area contributed by atoms with E-state index in [0.29, 0.717) is 21.9 Å². The minimum absolute atomic E-state index is 0.341. The molecule has 0 amide bonds. The fourth-order valence-electron chi connectivity index (χ4n) is 2.02. The van der Waals surface area contributed by atoms with Crippen molar-refractivity contribution in [2.75, 3.05) is 17.7 Å². The van der Waals surface area contributed by atoms with Crippen LogP contribution in [0.2, 0.25) is 0 Å². The molecular weight excluding hydrogens is 361 g/mol. The zero-order chi connectivity index (χ0) is 16.2. The predicted octanol–water partition coefficient (Wildman–Crippen LogP) is 4.23. The van der Waals surface area contributed by atoms with Gasteiger partial charge in [0.2, 0.25) is 5.95 Å². The molecule has 0 saturated heterocycles. The highest BCUT2D eigenvalue weighted by molar-refractivity contribution is 9.10. The topological polar surface area (TPSA) is 62.7 Å². The predicted molar refractivity (Wildman–Crippen MR) is 92.2 cm³/mol. The third-order valence-corrected chi connectivity index (χ3v) is 3.76. The molecule has 2 aromatic heterocycles. The minimum atomic E-state index is -0.341. The van der Waals surface area contributed by atoms with Gasteiger partial charge in [0.15, 0.2) is 0 Å². The zero-order valence-electron chi connectivity index (χ0n) is 12.2. The van der Waals surface area contributed by atoms with Gasteiger partial charge in [0.1, 0.15) is 11.6 Å². The fourth-order valence-corrected chi connectivity index (χ4v) is 2.26. The summed E-state index contributed by atoms with van der Waals surface area (Å²) in [4.78, 5) is 12.8. The molecule has 0 aliphatic heterocycles. The van der Waals surface area contributed by atoms with Crippen LogP contribution in [0.1, 0.15) is 0 Å². The highest BCUT2D eigenvalue weighted by Crippen LogP contribution is 2.25. The Morgan fingerprint density at radius 1 is 1.04 bits per heavy atom. The first kappa shape index (κ1) is 15.4. The highest BCUT2D eigenvalue weighted by atomic mass is 79.9. The van der Waals surface area contributed by atoms with Gasteiger partial charge in [-0.25, -0.2) is 9.37 Å². The molecule has 3 aromatic rings. The van der Waals surface area contributed by atoms with Gasteiger partial charge < -0.3 is 10.6 Å². The Bertz CT molecular complexity index is 826. The van der Waals surface area contributed by atoms with Gasteiger partial charge in [-0.3, -0.25) is 4.98 Å². The number of benzene rings is 1. The molecule has 0 spiro atoms. The Hall–Kier alpha value is -2.54. The number of rotatable bonds is 4. The molecule has 0 saturated carbocycles. The third kappa shape index (κ3) is 3.62. The summed E-state index contributed by atoms with van der Waals surface area (Å²) in [6, 6.07) is 10.3. The molecule has 3 rings (SSSR count). The molecule has 0 aliphatic rings. The van der Waals surface area contributed by atoms with Crippen LogP contribution in [0.15, 0.2) is 53.3 Å². The number of anilines is 3. The van der Waals surface area contributed by atoms with Gasteiger partial charge >= 0.3 is 0 Å². The molecular formula is C16H13BrFN5. The first-order valence-electron chi connectivity index (χ1n) is 6.85. The van der Waals surface area contributed by atoms with Crippen molar-refractivity contribution in [1.82, 2.24) is 15.0 Å². The van der Waals surface area contributed by atoms with E-state index >= 15 is 0 Å². The quantitative estimate of drug-likeness (QED) is 0.716. The standard InChI is InChI=1S/C16H13BrFN5/c1-19-16-22-14(10-4-6-20-7-5-10)9-15(23-16)21-11-2-3-12(17)13(18)8-11/h2-9H,1H3,(H2,19,21,22,23). The number of aromatic nitrogens is 3. The maximum Gasteiger partial charge on any atom is 0.224 e. The summed E-state index contributed by atoms with van der Waals surface area (Å²) in [6.45, 7) is 0. The van der Waals surface area contributed by atoms with Crippen LogP contribution in [0, 0.1) is 5.82 Å². The van der Waals surface area contributed by atoms with Gasteiger partial charge in [-0.1, -0.05) is 0 Å². The van der Waals surface area contributed by atoms with Crippen LogP contribution in [-0.2, 0) is 0 Å². The lowest BCUT2D eigenvalue weighted by Crippen LogP contribution is -2.02. The van der Waals surface area contributed by atoms with E-state index in [-0.39, 0.29) is 5.82 Å². The van der Waals surface area contributed by atoms with E-state index in [1.165, 1.54) is 6.07 Å². The van der Waals surface area contributed by atoms with Crippen molar-refractivity contribution in [2.24, 2.45) is 0 Å². The lowest BCUT2D eigenvalue weighted by atomic mass is 10.2. The van der Waals surface area contributed by atoms with Crippen molar-refractivity contribution in [3.05, 3.63) is 59.1 Å². The molecule has 0 radical (unpaired) electrons. The second-order valence-corrected chi connectivity index (χ2v) is 5.56. The summed E-state index contributed by atoms with van der Waals surface area (Å²) in [5.74, 6) is 0.699. The smallest absolute Gasteiger partial charge is 0.224 e. The molecule has 5 nitrogen and oxygen atoms in total. The van der Waals surface area contributed by atoms with Crippen molar-refractivity contribution in [3.63, 3.8) is 0 Å². The molecule has 1 aromatic carbocycles. The Labute approximate surface area is 141 Å². The Kier molecular flexibility index (Phi) is 4.47. The number of halogens is 2. The normalized spacial score (nSPS) is 10.4. The SMILES string of the molecule is CNc1nc(Nc2ccc(Br)c(F)c2)cc(-c2ccncc2)n1. The molecule has 0 atom stereocenters. The Balaban J connectivity index is 1.97. The largest absolute Gasteiger partial charge is 0.357 e. The zero-order valence-corrected chi connectivity index (χ0v) is 13.8. The summed E-state index contributed by atoms with van der Waals surface area (Å²) in [5.41, 5.74) is 2.27. The van der Waals surface area contributed by atoms with Crippen LogP contribution >= 0.6 is 15.9 Å². The Morgan fingerprint density at radius 3 is 2.52 bits per heavy atom. The van der Waals surface area contributed by atoms with Gasteiger partial charge in [0.05, 0.1) is 10.2 Å². The van der Waals surface area contributed by atoms with Crippen LogP contribution < -0.4 is 10.6 Å². The maximum atomic E-state index is 13.6. The molecule has 2 N–H and O–H groups in total.